The van der Waals surface area contributed by atoms with E-state index in [1.807, 2.05) is 31.2 Å². The molecule has 1 atom stereocenters. The van der Waals surface area contributed by atoms with Crippen molar-refractivity contribution in [2.45, 2.75) is 25.4 Å². The molecular formula is C19H15FN2O3. The van der Waals surface area contributed by atoms with E-state index in [-0.39, 0.29) is 18.7 Å². The van der Waals surface area contributed by atoms with E-state index in [9.17, 15) is 14.0 Å². The molecule has 0 radical (unpaired) electrons. The summed E-state index contributed by atoms with van der Waals surface area (Å²) in [5.41, 5.74) is 1.66. The number of benzene rings is 2. The van der Waals surface area contributed by atoms with E-state index in [0.29, 0.717) is 11.4 Å². The van der Waals surface area contributed by atoms with Crippen LogP contribution in [0.25, 0.3) is 0 Å². The predicted molar refractivity (Wildman–Crippen MR) is 89.7 cm³/mol. The Morgan fingerprint density at radius 2 is 1.72 bits per heavy atom. The molecule has 4 rings (SSSR count). The normalized spacial score (nSPS) is 22.5. The lowest BCUT2D eigenvalue weighted by molar-refractivity contribution is -0.136. The van der Waals surface area contributed by atoms with E-state index in [4.69, 9.17) is 4.84 Å². The minimum Gasteiger partial charge on any atom is -0.378 e. The fourth-order valence-electron chi connectivity index (χ4n) is 3.16. The average Bonchev–Trinajstić information content (AvgIpc) is 3.12. The van der Waals surface area contributed by atoms with Crippen LogP contribution in [0.1, 0.15) is 24.0 Å². The number of hydrogen-bond donors (Lipinski definition) is 0. The van der Waals surface area contributed by atoms with E-state index in [0.717, 1.165) is 16.0 Å². The van der Waals surface area contributed by atoms with Gasteiger partial charge in [0.15, 0.2) is 0 Å². The monoisotopic (exact) mass is 338 g/mol. The fraction of sp³-hybridized carbons (Fsp3) is 0.211. The second kappa shape index (κ2) is 5.51. The molecule has 1 spiro atoms. The van der Waals surface area contributed by atoms with Crippen molar-refractivity contribution in [1.82, 2.24) is 0 Å². The van der Waals surface area contributed by atoms with Crippen LogP contribution in [0.4, 0.5) is 10.1 Å². The largest absolute Gasteiger partial charge is 0.378 e. The van der Waals surface area contributed by atoms with Gasteiger partial charge in [0, 0.05) is 6.42 Å². The maximum Gasteiger partial charge on any atom is 0.281 e. The number of anilines is 1. The Morgan fingerprint density at radius 1 is 1.04 bits per heavy atom. The summed E-state index contributed by atoms with van der Waals surface area (Å²) in [6, 6.07) is 13.0. The maximum absolute atomic E-state index is 13.1. The van der Waals surface area contributed by atoms with Gasteiger partial charge in [-0.05, 0) is 36.8 Å². The SMILES string of the molecule is Cc1ccc(C2=NO[C@]3(CC(=O)N(c4ccc(F)cc4)C3=O)C2)cc1. The third kappa shape index (κ3) is 2.50. The molecular weight excluding hydrogens is 323 g/mol. The van der Waals surface area contributed by atoms with E-state index in [2.05, 4.69) is 5.16 Å². The summed E-state index contributed by atoms with van der Waals surface area (Å²) in [5.74, 6) is -1.27. The highest BCUT2D eigenvalue weighted by molar-refractivity contribution is 6.25. The molecule has 0 unspecified atom stereocenters. The van der Waals surface area contributed by atoms with Gasteiger partial charge < -0.3 is 4.84 Å². The molecule has 126 valence electrons. The lowest BCUT2D eigenvalue weighted by atomic mass is 9.92. The van der Waals surface area contributed by atoms with Crippen LogP contribution in [0.3, 0.4) is 0 Å². The van der Waals surface area contributed by atoms with Gasteiger partial charge in [0.1, 0.15) is 5.82 Å². The van der Waals surface area contributed by atoms with Crippen LogP contribution >= 0.6 is 0 Å². The Labute approximate surface area is 143 Å². The first-order valence-electron chi connectivity index (χ1n) is 7.94. The van der Waals surface area contributed by atoms with E-state index in [1.165, 1.54) is 24.3 Å². The molecule has 6 heteroatoms. The van der Waals surface area contributed by atoms with E-state index in [1.54, 1.807) is 0 Å². The number of halogens is 1. The Morgan fingerprint density at radius 3 is 2.40 bits per heavy atom. The van der Waals surface area contributed by atoms with Gasteiger partial charge in [-0.2, -0.15) is 0 Å². The van der Waals surface area contributed by atoms with Crippen LogP contribution in [0.5, 0.6) is 0 Å². The van der Waals surface area contributed by atoms with Crippen LogP contribution in [0.15, 0.2) is 53.7 Å². The minimum absolute atomic E-state index is 0.0813. The summed E-state index contributed by atoms with van der Waals surface area (Å²) in [6.45, 7) is 1.98. The zero-order chi connectivity index (χ0) is 17.6. The zero-order valence-corrected chi connectivity index (χ0v) is 13.5. The Balaban J connectivity index is 1.60. The number of amides is 2. The van der Waals surface area contributed by atoms with E-state index < -0.39 is 17.3 Å². The van der Waals surface area contributed by atoms with Gasteiger partial charge >= 0.3 is 0 Å². The molecule has 2 aliphatic heterocycles. The molecule has 1 saturated heterocycles. The number of imide groups is 1. The highest BCUT2D eigenvalue weighted by Crippen LogP contribution is 2.39. The van der Waals surface area contributed by atoms with Gasteiger partial charge in [0.25, 0.3) is 5.91 Å². The van der Waals surface area contributed by atoms with Crippen LogP contribution in [-0.4, -0.2) is 23.1 Å². The third-order valence-corrected chi connectivity index (χ3v) is 4.53. The molecule has 2 aromatic rings. The van der Waals surface area contributed by atoms with Crippen molar-refractivity contribution in [3.05, 3.63) is 65.5 Å². The maximum atomic E-state index is 13.1. The summed E-state index contributed by atoms with van der Waals surface area (Å²) in [4.78, 5) is 31.8. The summed E-state index contributed by atoms with van der Waals surface area (Å²) >= 11 is 0. The topological polar surface area (TPSA) is 59.0 Å². The van der Waals surface area contributed by atoms with Crippen molar-refractivity contribution < 1.29 is 18.8 Å². The quantitative estimate of drug-likeness (QED) is 0.791. The Bertz CT molecular complexity index is 890. The van der Waals surface area contributed by atoms with Gasteiger partial charge in [0.2, 0.25) is 11.5 Å². The first-order chi connectivity index (χ1) is 12.0. The summed E-state index contributed by atoms with van der Waals surface area (Å²) in [5, 5.41) is 4.05. The van der Waals surface area contributed by atoms with Gasteiger partial charge in [-0.3, -0.25) is 9.59 Å². The molecule has 25 heavy (non-hydrogen) atoms. The van der Waals surface area contributed by atoms with Crippen molar-refractivity contribution in [2.75, 3.05) is 4.90 Å². The standard InChI is InChI=1S/C19H15FN2O3/c1-12-2-4-13(5-3-12)16-10-19(25-21-16)11-17(23)22(18(19)24)15-8-6-14(20)7-9-15/h2-9H,10-11H2,1H3/t19-/m0/s1. The van der Waals surface area contributed by atoms with Crippen LogP contribution in [-0.2, 0) is 14.4 Å². The first-order valence-corrected chi connectivity index (χ1v) is 7.94. The number of carbonyl (C=O) groups excluding carboxylic acids is 2. The molecule has 0 aromatic heterocycles. The Kier molecular flexibility index (Phi) is 3.42. The number of carbonyl (C=O) groups is 2. The molecule has 1 fully saturated rings. The van der Waals surface area contributed by atoms with Gasteiger partial charge in [0.05, 0.1) is 17.8 Å². The van der Waals surface area contributed by atoms with Gasteiger partial charge in [-0.15, -0.1) is 0 Å². The molecule has 0 aliphatic carbocycles. The molecule has 2 heterocycles. The average molecular weight is 338 g/mol. The highest BCUT2D eigenvalue weighted by atomic mass is 19.1. The summed E-state index contributed by atoms with van der Waals surface area (Å²) in [7, 11) is 0. The first kappa shape index (κ1) is 15.5. The van der Waals surface area contributed by atoms with Gasteiger partial charge in [-0.25, -0.2) is 9.29 Å². The second-order valence-electron chi connectivity index (χ2n) is 6.35. The number of hydrogen-bond acceptors (Lipinski definition) is 4. The van der Waals surface area contributed by atoms with Crippen molar-refractivity contribution in [1.29, 1.82) is 0 Å². The third-order valence-electron chi connectivity index (χ3n) is 4.53. The molecule has 5 nitrogen and oxygen atoms in total. The number of aryl methyl sites for hydroxylation is 1. The molecule has 0 saturated carbocycles. The minimum atomic E-state index is -1.30. The predicted octanol–water partition coefficient (Wildman–Crippen LogP) is 2.96. The molecule has 0 N–H and O–H groups in total. The smallest absolute Gasteiger partial charge is 0.281 e. The molecule has 2 aromatic carbocycles. The van der Waals surface area contributed by atoms with Crippen molar-refractivity contribution >= 4 is 23.2 Å². The lowest BCUT2D eigenvalue weighted by Gasteiger charge is -2.19. The van der Waals surface area contributed by atoms with Crippen LogP contribution < -0.4 is 4.90 Å². The zero-order valence-electron chi connectivity index (χ0n) is 13.5. The number of nitrogens with zero attached hydrogens (tertiary/aromatic N) is 2. The summed E-state index contributed by atoms with van der Waals surface area (Å²) < 4.78 is 13.1. The second-order valence-corrected chi connectivity index (χ2v) is 6.35. The molecule has 2 amide bonds. The Hall–Kier alpha value is -3.02. The summed E-state index contributed by atoms with van der Waals surface area (Å²) in [6.07, 6.45) is 0.153. The van der Waals surface area contributed by atoms with Crippen LogP contribution in [0.2, 0.25) is 0 Å². The molecule has 2 aliphatic rings. The van der Waals surface area contributed by atoms with Gasteiger partial charge in [-0.1, -0.05) is 35.0 Å². The molecule has 0 bridgehead atoms. The van der Waals surface area contributed by atoms with E-state index >= 15 is 0 Å². The van der Waals surface area contributed by atoms with Crippen molar-refractivity contribution in [2.24, 2.45) is 5.16 Å². The van der Waals surface area contributed by atoms with Crippen molar-refractivity contribution in [3.8, 4) is 0 Å². The highest BCUT2D eigenvalue weighted by Gasteiger charge is 2.58. The fourth-order valence-corrected chi connectivity index (χ4v) is 3.16. The van der Waals surface area contributed by atoms with Crippen molar-refractivity contribution in [3.63, 3.8) is 0 Å². The number of rotatable bonds is 2. The lowest BCUT2D eigenvalue weighted by Crippen LogP contribution is -2.40. The van der Waals surface area contributed by atoms with Crippen LogP contribution in [0, 0.1) is 12.7 Å². The number of oxime groups is 1.